The lowest BCUT2D eigenvalue weighted by Gasteiger charge is -2.44. The van der Waals surface area contributed by atoms with Crippen molar-refractivity contribution in [2.75, 3.05) is 33.4 Å². The van der Waals surface area contributed by atoms with Gasteiger partial charge in [0.2, 0.25) is 0 Å². The molecular formula is C15H24N2O2. The van der Waals surface area contributed by atoms with Crippen LogP contribution in [0.5, 0.6) is 5.75 Å². The zero-order valence-corrected chi connectivity index (χ0v) is 12.1. The van der Waals surface area contributed by atoms with Gasteiger partial charge in [-0.25, -0.2) is 0 Å². The summed E-state index contributed by atoms with van der Waals surface area (Å²) in [6.45, 7) is 7.87. The van der Waals surface area contributed by atoms with Gasteiger partial charge in [0.25, 0.3) is 0 Å². The molecule has 2 rings (SSSR count). The largest absolute Gasteiger partial charge is 0.497 e. The topological polar surface area (TPSA) is 47.7 Å². The third-order valence-corrected chi connectivity index (χ3v) is 4.06. The fourth-order valence-electron chi connectivity index (χ4n) is 2.56. The summed E-state index contributed by atoms with van der Waals surface area (Å²) < 4.78 is 10.6. The van der Waals surface area contributed by atoms with Gasteiger partial charge in [-0.15, -0.1) is 0 Å². The number of nitrogens with zero attached hydrogens (tertiary/aromatic N) is 1. The molecular weight excluding hydrogens is 240 g/mol. The van der Waals surface area contributed by atoms with Crippen LogP contribution in [-0.2, 0) is 4.74 Å². The maximum Gasteiger partial charge on any atom is 0.118 e. The standard InChI is InChI=1S/C15H24N2O2/c1-15(2,17-8-10-19-11-9-17)14(16)12-4-6-13(18-3)7-5-12/h4-7,14H,8-11,16H2,1-3H3. The average Bonchev–Trinajstić information content (AvgIpc) is 2.47. The van der Waals surface area contributed by atoms with Crippen molar-refractivity contribution in [2.24, 2.45) is 5.73 Å². The molecule has 19 heavy (non-hydrogen) atoms. The third-order valence-electron chi connectivity index (χ3n) is 4.06. The zero-order chi connectivity index (χ0) is 13.9. The van der Waals surface area contributed by atoms with Gasteiger partial charge in [0.15, 0.2) is 0 Å². The van der Waals surface area contributed by atoms with Gasteiger partial charge in [-0.3, -0.25) is 4.90 Å². The van der Waals surface area contributed by atoms with Crippen molar-refractivity contribution in [3.05, 3.63) is 29.8 Å². The van der Waals surface area contributed by atoms with E-state index in [1.165, 1.54) is 0 Å². The second-order valence-corrected chi connectivity index (χ2v) is 5.50. The van der Waals surface area contributed by atoms with E-state index in [9.17, 15) is 0 Å². The van der Waals surface area contributed by atoms with E-state index >= 15 is 0 Å². The number of nitrogens with two attached hydrogens (primary N) is 1. The van der Waals surface area contributed by atoms with Crippen LogP contribution in [-0.4, -0.2) is 43.9 Å². The van der Waals surface area contributed by atoms with Crippen LogP contribution in [0.2, 0.25) is 0 Å². The Hall–Kier alpha value is -1.10. The summed E-state index contributed by atoms with van der Waals surface area (Å²) in [5.41, 5.74) is 7.52. The molecule has 106 valence electrons. The van der Waals surface area contributed by atoms with Crippen molar-refractivity contribution in [1.29, 1.82) is 0 Å². The SMILES string of the molecule is COc1ccc(C(N)C(C)(C)N2CCOCC2)cc1. The monoisotopic (exact) mass is 264 g/mol. The molecule has 0 amide bonds. The van der Waals surface area contributed by atoms with Crippen LogP contribution >= 0.6 is 0 Å². The summed E-state index contributed by atoms with van der Waals surface area (Å²) in [4.78, 5) is 2.41. The molecule has 0 saturated carbocycles. The van der Waals surface area contributed by atoms with E-state index in [0.29, 0.717) is 0 Å². The Bertz CT molecular complexity index is 397. The second-order valence-electron chi connectivity index (χ2n) is 5.50. The highest BCUT2D eigenvalue weighted by Gasteiger charge is 2.34. The Morgan fingerprint density at radius 2 is 1.79 bits per heavy atom. The molecule has 1 heterocycles. The second kappa shape index (κ2) is 5.90. The first-order valence-corrected chi connectivity index (χ1v) is 6.78. The van der Waals surface area contributed by atoms with Crippen LogP contribution < -0.4 is 10.5 Å². The van der Waals surface area contributed by atoms with Crippen molar-refractivity contribution in [1.82, 2.24) is 4.90 Å². The van der Waals surface area contributed by atoms with Crippen molar-refractivity contribution >= 4 is 0 Å². The van der Waals surface area contributed by atoms with Crippen molar-refractivity contribution in [3.63, 3.8) is 0 Å². The Kier molecular flexibility index (Phi) is 4.45. The van der Waals surface area contributed by atoms with Crippen molar-refractivity contribution < 1.29 is 9.47 Å². The van der Waals surface area contributed by atoms with Crippen LogP contribution in [0.4, 0.5) is 0 Å². The predicted octanol–water partition coefficient (Wildman–Crippen LogP) is 1.81. The van der Waals surface area contributed by atoms with Gasteiger partial charge in [-0.05, 0) is 31.5 Å². The lowest BCUT2D eigenvalue weighted by Crippen LogP contribution is -2.55. The van der Waals surface area contributed by atoms with E-state index in [0.717, 1.165) is 37.6 Å². The minimum absolute atomic E-state index is 0.0310. The van der Waals surface area contributed by atoms with E-state index in [1.54, 1.807) is 7.11 Å². The minimum Gasteiger partial charge on any atom is -0.497 e. The number of hydrogen-bond acceptors (Lipinski definition) is 4. The van der Waals surface area contributed by atoms with Crippen LogP contribution in [0.3, 0.4) is 0 Å². The molecule has 1 aromatic rings. The lowest BCUT2D eigenvalue weighted by molar-refractivity contribution is -0.0190. The van der Waals surface area contributed by atoms with Gasteiger partial charge < -0.3 is 15.2 Å². The number of benzene rings is 1. The minimum atomic E-state index is -0.0850. The quantitative estimate of drug-likeness (QED) is 0.901. The third kappa shape index (κ3) is 3.08. The fraction of sp³-hybridized carbons (Fsp3) is 0.600. The Balaban J connectivity index is 2.13. The summed E-state index contributed by atoms with van der Waals surface area (Å²) >= 11 is 0. The maximum absolute atomic E-state index is 6.47. The first-order valence-electron chi connectivity index (χ1n) is 6.78. The number of ether oxygens (including phenoxy) is 2. The lowest BCUT2D eigenvalue weighted by atomic mass is 9.87. The van der Waals surface area contributed by atoms with Crippen LogP contribution in [0, 0.1) is 0 Å². The van der Waals surface area contributed by atoms with Gasteiger partial charge in [0.05, 0.1) is 20.3 Å². The molecule has 0 aliphatic carbocycles. The van der Waals surface area contributed by atoms with Gasteiger partial charge in [0, 0.05) is 24.7 Å². The number of morpholine rings is 1. The Morgan fingerprint density at radius 3 is 2.32 bits per heavy atom. The highest BCUT2D eigenvalue weighted by molar-refractivity contribution is 5.30. The first kappa shape index (κ1) is 14.3. The molecule has 0 radical (unpaired) electrons. The molecule has 4 heteroatoms. The van der Waals surface area contributed by atoms with Gasteiger partial charge in [-0.2, -0.15) is 0 Å². The maximum atomic E-state index is 6.47. The van der Waals surface area contributed by atoms with Crippen LogP contribution in [0.1, 0.15) is 25.5 Å². The average molecular weight is 264 g/mol. The predicted molar refractivity (Wildman–Crippen MR) is 76.4 cm³/mol. The van der Waals surface area contributed by atoms with Gasteiger partial charge in [0.1, 0.15) is 5.75 Å². The summed E-state index contributed by atoms with van der Waals surface area (Å²) in [6, 6.07) is 7.99. The number of hydrogen-bond donors (Lipinski definition) is 1. The molecule has 1 fully saturated rings. The molecule has 1 aliphatic heterocycles. The van der Waals surface area contributed by atoms with Gasteiger partial charge in [-0.1, -0.05) is 12.1 Å². The summed E-state index contributed by atoms with van der Waals surface area (Å²) in [5.74, 6) is 0.861. The molecule has 1 atom stereocenters. The zero-order valence-electron chi connectivity index (χ0n) is 12.1. The van der Waals surface area contributed by atoms with Crippen LogP contribution in [0.25, 0.3) is 0 Å². The Labute approximate surface area is 115 Å². The molecule has 4 nitrogen and oxygen atoms in total. The molecule has 2 N–H and O–H groups in total. The normalized spacial score (nSPS) is 19.2. The fourth-order valence-corrected chi connectivity index (χ4v) is 2.56. The molecule has 1 unspecified atom stereocenters. The molecule has 0 spiro atoms. The van der Waals surface area contributed by atoms with E-state index in [-0.39, 0.29) is 11.6 Å². The highest BCUT2D eigenvalue weighted by Crippen LogP contribution is 2.30. The summed E-state index contributed by atoms with van der Waals surface area (Å²) in [7, 11) is 1.67. The summed E-state index contributed by atoms with van der Waals surface area (Å²) in [5, 5.41) is 0. The molecule has 0 bridgehead atoms. The smallest absolute Gasteiger partial charge is 0.118 e. The number of methoxy groups -OCH3 is 1. The first-order chi connectivity index (χ1) is 9.05. The molecule has 1 saturated heterocycles. The molecule has 0 aromatic heterocycles. The molecule has 1 aliphatic rings. The van der Waals surface area contributed by atoms with E-state index in [1.807, 2.05) is 24.3 Å². The molecule has 1 aromatic carbocycles. The van der Waals surface area contributed by atoms with Gasteiger partial charge >= 0.3 is 0 Å². The van der Waals surface area contributed by atoms with Crippen LogP contribution in [0.15, 0.2) is 24.3 Å². The number of rotatable bonds is 4. The van der Waals surface area contributed by atoms with E-state index < -0.39 is 0 Å². The summed E-state index contributed by atoms with van der Waals surface area (Å²) in [6.07, 6.45) is 0. The van der Waals surface area contributed by atoms with Crippen molar-refractivity contribution in [2.45, 2.75) is 25.4 Å². The Morgan fingerprint density at radius 1 is 1.21 bits per heavy atom. The van der Waals surface area contributed by atoms with Crippen molar-refractivity contribution in [3.8, 4) is 5.75 Å². The highest BCUT2D eigenvalue weighted by atomic mass is 16.5. The van der Waals surface area contributed by atoms with E-state index in [2.05, 4.69) is 18.7 Å². The van der Waals surface area contributed by atoms with E-state index in [4.69, 9.17) is 15.2 Å².